The van der Waals surface area contributed by atoms with Crippen LogP contribution in [0.4, 0.5) is 17.3 Å². The lowest BCUT2D eigenvalue weighted by molar-refractivity contribution is 0.101. The predicted molar refractivity (Wildman–Crippen MR) is 144 cm³/mol. The van der Waals surface area contributed by atoms with Gasteiger partial charge in [-0.3, -0.25) is 9.20 Å². The molecule has 36 heavy (non-hydrogen) atoms. The molecule has 0 radical (unpaired) electrons. The smallest absolute Gasteiger partial charge is 0.229 e. The lowest BCUT2D eigenvalue weighted by Crippen LogP contribution is -2.43. The summed E-state index contributed by atoms with van der Waals surface area (Å²) in [5.41, 5.74) is 6.27. The number of hydrogen-bond acceptors (Lipinski definition) is 7. The summed E-state index contributed by atoms with van der Waals surface area (Å²) in [4.78, 5) is 29.5. The lowest BCUT2D eigenvalue weighted by atomic mass is 9.87. The van der Waals surface area contributed by atoms with Crippen LogP contribution in [0.2, 0.25) is 0 Å². The number of imidazole rings is 1. The number of nitrogens with zero attached hydrogens (tertiary/aromatic N) is 5. The zero-order valence-corrected chi connectivity index (χ0v) is 21.0. The number of fused-ring (bicyclic) bond motifs is 3. The van der Waals surface area contributed by atoms with E-state index in [-0.39, 0.29) is 5.78 Å². The summed E-state index contributed by atoms with van der Waals surface area (Å²) >= 11 is 0. The fourth-order valence-corrected chi connectivity index (χ4v) is 5.74. The molecule has 4 aromatic rings. The number of ketones is 1. The lowest BCUT2D eigenvalue weighted by Gasteiger charge is -2.29. The van der Waals surface area contributed by atoms with Gasteiger partial charge in [-0.05, 0) is 56.5 Å². The van der Waals surface area contributed by atoms with Gasteiger partial charge in [-0.15, -0.1) is 0 Å². The summed E-state index contributed by atoms with van der Waals surface area (Å²) in [5, 5.41) is 7.63. The first-order chi connectivity index (χ1) is 17.6. The molecular weight excluding hydrogens is 450 g/mol. The number of carbonyl (C=O) groups is 1. The molecule has 2 aliphatic rings. The highest BCUT2D eigenvalue weighted by Gasteiger charge is 2.23. The number of Topliss-reactive ketones (excluding diaryl/α,β-unsaturated/α-hetero) is 1. The average Bonchev–Trinajstić information content (AvgIpc) is 3.35. The molecule has 1 aliphatic carbocycles. The van der Waals surface area contributed by atoms with Gasteiger partial charge in [-0.2, -0.15) is 4.98 Å². The van der Waals surface area contributed by atoms with Crippen molar-refractivity contribution in [3.8, 4) is 0 Å². The summed E-state index contributed by atoms with van der Waals surface area (Å²) in [6.45, 7) is 7.66. The number of rotatable bonds is 5. The van der Waals surface area contributed by atoms with Crippen LogP contribution in [0.25, 0.3) is 16.7 Å². The maximum atomic E-state index is 12.6. The molecule has 6 rings (SSSR count). The maximum absolute atomic E-state index is 12.6. The summed E-state index contributed by atoms with van der Waals surface area (Å²) < 4.78 is 2.00. The number of hydrogen-bond donors (Lipinski definition) is 2. The second-order valence-electron chi connectivity index (χ2n) is 10.1. The number of anilines is 3. The van der Waals surface area contributed by atoms with Gasteiger partial charge in [0.05, 0.1) is 11.3 Å². The number of carbonyl (C=O) groups excluding carboxylic acids is 1. The summed E-state index contributed by atoms with van der Waals surface area (Å²) in [6, 6.07) is 8.43. The summed E-state index contributed by atoms with van der Waals surface area (Å²) in [6.07, 6.45) is 10.00. The molecule has 2 N–H and O–H groups in total. The van der Waals surface area contributed by atoms with E-state index in [1.807, 2.05) is 17.5 Å². The van der Waals surface area contributed by atoms with Crippen LogP contribution < -0.4 is 15.5 Å². The minimum absolute atomic E-state index is 0.0203. The number of pyridine rings is 1. The van der Waals surface area contributed by atoms with Gasteiger partial charge < -0.3 is 15.5 Å². The Labute approximate surface area is 211 Å². The van der Waals surface area contributed by atoms with Crippen molar-refractivity contribution in [3.05, 3.63) is 53.5 Å². The first kappa shape index (κ1) is 22.9. The molecule has 0 unspecified atom stereocenters. The monoisotopic (exact) mass is 483 g/mol. The minimum Gasteiger partial charge on any atom is -0.369 e. The third-order valence-corrected chi connectivity index (χ3v) is 7.71. The molecular formula is C28H33N7O. The van der Waals surface area contributed by atoms with Crippen LogP contribution in [0.5, 0.6) is 0 Å². The molecule has 1 saturated carbocycles. The molecule has 1 aromatic carbocycles. The number of aromatic nitrogens is 4. The van der Waals surface area contributed by atoms with E-state index in [0.29, 0.717) is 23.1 Å². The Bertz CT molecular complexity index is 1410. The third-order valence-electron chi connectivity index (χ3n) is 7.71. The SMILES string of the molecule is CC(=O)c1c(C)c2cnc(Nc3ccc(N4CCNCC4)cc3)nc2n2cc(C3CCCCC3)nc12. The Morgan fingerprint density at radius 1 is 1.03 bits per heavy atom. The molecule has 8 heteroatoms. The van der Waals surface area contributed by atoms with Crippen molar-refractivity contribution in [2.24, 2.45) is 0 Å². The van der Waals surface area contributed by atoms with Crippen molar-refractivity contribution in [1.82, 2.24) is 24.7 Å². The molecule has 0 spiro atoms. The zero-order chi connectivity index (χ0) is 24.6. The van der Waals surface area contributed by atoms with Crippen LogP contribution in [0.3, 0.4) is 0 Å². The maximum Gasteiger partial charge on any atom is 0.229 e. The molecule has 8 nitrogen and oxygen atoms in total. The first-order valence-electron chi connectivity index (χ1n) is 13.1. The van der Waals surface area contributed by atoms with E-state index in [1.165, 1.54) is 24.9 Å². The minimum atomic E-state index is 0.0203. The third kappa shape index (κ3) is 4.19. The van der Waals surface area contributed by atoms with E-state index in [0.717, 1.165) is 67.0 Å². The molecule has 1 aliphatic heterocycles. The molecule has 186 valence electrons. The van der Waals surface area contributed by atoms with E-state index in [2.05, 4.69) is 51.0 Å². The molecule has 2 fully saturated rings. The topological polar surface area (TPSA) is 87.5 Å². The molecule has 0 bridgehead atoms. The Morgan fingerprint density at radius 3 is 2.50 bits per heavy atom. The van der Waals surface area contributed by atoms with Crippen LogP contribution in [0.15, 0.2) is 36.7 Å². The Kier molecular flexibility index (Phi) is 6.05. The summed E-state index contributed by atoms with van der Waals surface area (Å²) in [5.74, 6) is 0.996. The van der Waals surface area contributed by atoms with Crippen molar-refractivity contribution in [1.29, 1.82) is 0 Å². The van der Waals surface area contributed by atoms with Crippen molar-refractivity contribution < 1.29 is 4.79 Å². The van der Waals surface area contributed by atoms with E-state index in [1.54, 1.807) is 6.92 Å². The van der Waals surface area contributed by atoms with E-state index < -0.39 is 0 Å². The zero-order valence-electron chi connectivity index (χ0n) is 21.0. The van der Waals surface area contributed by atoms with E-state index >= 15 is 0 Å². The molecule has 3 aromatic heterocycles. The van der Waals surface area contributed by atoms with E-state index in [4.69, 9.17) is 9.97 Å². The largest absolute Gasteiger partial charge is 0.369 e. The van der Waals surface area contributed by atoms with Gasteiger partial charge in [0, 0.05) is 61.3 Å². The van der Waals surface area contributed by atoms with Crippen LogP contribution in [-0.4, -0.2) is 51.3 Å². The summed E-state index contributed by atoms with van der Waals surface area (Å²) in [7, 11) is 0. The van der Waals surface area contributed by atoms with E-state index in [9.17, 15) is 4.79 Å². The standard InChI is InChI=1S/C28H33N7O/c1-18-23-16-30-28(31-21-8-10-22(11-9-21)34-14-12-29-13-15-34)33-26(23)35-17-24(20-6-4-3-5-7-20)32-27(35)25(18)19(2)36/h8-11,16-17,20,29H,3-7,12-15H2,1-2H3,(H,30,31,33). The van der Waals surface area contributed by atoms with Gasteiger partial charge in [0.25, 0.3) is 0 Å². The molecule has 0 amide bonds. The Hall–Kier alpha value is -3.52. The number of nitrogens with one attached hydrogen (secondary N) is 2. The van der Waals surface area contributed by atoms with Gasteiger partial charge in [-0.1, -0.05) is 19.3 Å². The van der Waals surface area contributed by atoms with Gasteiger partial charge >= 0.3 is 0 Å². The fourth-order valence-electron chi connectivity index (χ4n) is 5.74. The second-order valence-corrected chi connectivity index (χ2v) is 10.1. The highest BCUT2D eigenvalue weighted by molar-refractivity contribution is 6.05. The fraction of sp³-hybridized carbons (Fsp3) is 0.429. The number of aryl methyl sites for hydroxylation is 1. The van der Waals surface area contributed by atoms with Crippen LogP contribution >= 0.6 is 0 Å². The molecule has 4 heterocycles. The molecule has 1 saturated heterocycles. The average molecular weight is 484 g/mol. The van der Waals surface area contributed by atoms with Gasteiger partial charge in [-0.25, -0.2) is 9.97 Å². The van der Waals surface area contributed by atoms with Crippen molar-refractivity contribution in [2.75, 3.05) is 36.4 Å². The van der Waals surface area contributed by atoms with Gasteiger partial charge in [0.2, 0.25) is 5.95 Å². The van der Waals surface area contributed by atoms with Gasteiger partial charge in [0.15, 0.2) is 11.4 Å². The second kappa shape index (κ2) is 9.50. The Balaban J connectivity index is 1.37. The van der Waals surface area contributed by atoms with Crippen LogP contribution in [0, 0.1) is 6.92 Å². The van der Waals surface area contributed by atoms with Crippen molar-refractivity contribution >= 4 is 39.8 Å². The predicted octanol–water partition coefficient (Wildman–Crippen LogP) is 4.99. The van der Waals surface area contributed by atoms with Crippen molar-refractivity contribution in [2.45, 2.75) is 51.9 Å². The highest BCUT2D eigenvalue weighted by atomic mass is 16.1. The number of piperazine rings is 1. The normalized spacial score (nSPS) is 17.1. The Morgan fingerprint density at radius 2 is 1.78 bits per heavy atom. The van der Waals surface area contributed by atoms with Crippen LogP contribution in [0.1, 0.15) is 66.6 Å². The number of benzene rings is 1. The highest BCUT2D eigenvalue weighted by Crippen LogP contribution is 2.34. The first-order valence-corrected chi connectivity index (χ1v) is 13.1. The quantitative estimate of drug-likeness (QED) is 0.387. The van der Waals surface area contributed by atoms with Crippen molar-refractivity contribution in [3.63, 3.8) is 0 Å². The van der Waals surface area contributed by atoms with Gasteiger partial charge in [0.1, 0.15) is 5.65 Å². The van der Waals surface area contributed by atoms with Crippen LogP contribution in [-0.2, 0) is 0 Å². The molecule has 0 atom stereocenters.